The molecule has 9 nitrogen and oxygen atoms in total. The fourth-order valence-electron chi connectivity index (χ4n) is 3.94. The highest BCUT2D eigenvalue weighted by molar-refractivity contribution is 8.15. The summed E-state index contributed by atoms with van der Waals surface area (Å²) in [6.07, 6.45) is 1.44. The second kappa shape index (κ2) is 8.75. The van der Waals surface area contributed by atoms with Crippen LogP contribution in [0.1, 0.15) is 5.69 Å². The number of aromatic nitrogens is 2. The van der Waals surface area contributed by atoms with Crippen LogP contribution in [-0.2, 0) is 19.9 Å². The van der Waals surface area contributed by atoms with E-state index < -0.39 is 19.9 Å². The van der Waals surface area contributed by atoms with Crippen molar-refractivity contribution in [2.24, 2.45) is 4.99 Å². The van der Waals surface area contributed by atoms with Crippen molar-refractivity contribution >= 4 is 53.3 Å². The Balaban J connectivity index is 1.31. The predicted molar refractivity (Wildman–Crippen MR) is 131 cm³/mol. The highest BCUT2D eigenvalue weighted by Gasteiger charge is 2.28. The largest absolute Gasteiger partial charge is 0.351 e. The number of nitrogens with one attached hydrogen (secondary N) is 2. The summed E-state index contributed by atoms with van der Waals surface area (Å²) in [5.74, 6) is 0.439. The molecule has 1 atom stereocenters. The van der Waals surface area contributed by atoms with Gasteiger partial charge < -0.3 is 9.88 Å². The van der Waals surface area contributed by atoms with Gasteiger partial charge in [0.25, 0.3) is 10.0 Å². The number of aromatic amines is 1. The minimum absolute atomic E-state index is 0.0436. The minimum atomic E-state index is -3.81. The molecule has 0 amide bonds. The van der Waals surface area contributed by atoms with Gasteiger partial charge in [-0.05, 0) is 24.3 Å². The number of fused-ring (bicyclic) bond motifs is 1. The van der Waals surface area contributed by atoms with Gasteiger partial charge in [0.2, 0.25) is 0 Å². The maximum Gasteiger partial charge on any atom is 0.279 e. The Hall–Kier alpha value is -2.41. The van der Waals surface area contributed by atoms with Crippen molar-refractivity contribution in [3.63, 3.8) is 0 Å². The first-order valence-corrected chi connectivity index (χ1v) is 14.7. The van der Waals surface area contributed by atoms with Crippen LogP contribution in [0.4, 0.5) is 5.69 Å². The van der Waals surface area contributed by atoms with Crippen LogP contribution in [-0.4, -0.2) is 79.7 Å². The van der Waals surface area contributed by atoms with Gasteiger partial charge in [0.1, 0.15) is 5.04 Å². The second-order valence-corrected chi connectivity index (χ2v) is 13.3. The van der Waals surface area contributed by atoms with Crippen molar-refractivity contribution in [1.29, 1.82) is 0 Å². The molecule has 4 heterocycles. The molecule has 1 aromatic carbocycles. The third-order valence-corrected chi connectivity index (χ3v) is 9.75. The van der Waals surface area contributed by atoms with Crippen molar-refractivity contribution in [2.75, 3.05) is 42.4 Å². The van der Waals surface area contributed by atoms with E-state index >= 15 is 0 Å². The average Bonchev–Trinajstić information content (AvgIpc) is 3.43. The molecular weight excluding hydrogens is 482 g/mol. The normalized spacial score (nSPS) is 21.2. The van der Waals surface area contributed by atoms with Crippen LogP contribution in [0.3, 0.4) is 0 Å². The summed E-state index contributed by atoms with van der Waals surface area (Å²) in [5, 5.41) is 1.96. The molecule has 2 aromatic heterocycles. The van der Waals surface area contributed by atoms with Gasteiger partial charge >= 0.3 is 0 Å². The fourth-order valence-corrected chi connectivity index (χ4v) is 7.38. The molecule has 12 heteroatoms. The molecule has 2 aliphatic heterocycles. The summed E-state index contributed by atoms with van der Waals surface area (Å²) >= 11 is 1.67. The lowest BCUT2D eigenvalue weighted by Gasteiger charge is -2.28. The first kappa shape index (κ1) is 22.4. The van der Waals surface area contributed by atoms with Crippen molar-refractivity contribution in [3.05, 3.63) is 54.4 Å². The van der Waals surface area contributed by atoms with Gasteiger partial charge in [0.05, 0.1) is 34.9 Å². The molecule has 0 radical (unpaired) electrons. The number of hydrogen-bond donors (Lipinski definition) is 2. The van der Waals surface area contributed by atoms with E-state index in [0.717, 1.165) is 22.7 Å². The van der Waals surface area contributed by atoms with E-state index in [1.54, 1.807) is 36.0 Å². The summed E-state index contributed by atoms with van der Waals surface area (Å²) in [6, 6.07) is 12.1. The molecule has 0 aliphatic carbocycles. The maximum atomic E-state index is 12.7. The lowest BCUT2D eigenvalue weighted by atomic mass is 10.2. The number of sulfonamides is 1. The third kappa shape index (κ3) is 4.93. The number of rotatable bonds is 6. The Morgan fingerprint density at radius 2 is 1.97 bits per heavy atom. The molecule has 1 saturated heterocycles. The predicted octanol–water partition coefficient (Wildman–Crippen LogP) is 1.96. The molecule has 1 unspecified atom stereocenters. The molecule has 3 aromatic rings. The molecule has 2 N–H and O–H groups in total. The standard InChI is InChI=1S/C21H23N5O4S3/c27-32(28)10-8-26(9-11-32)14-16-13-23-21(31-16)18-12-15-4-3-5-17(20(15)24-18)25-33(29,30)19-6-1-2-7-22-19/h1-7,12,16,24-25H,8-11,13-14H2. The quantitative estimate of drug-likeness (QED) is 0.525. The number of H-pyrrole nitrogens is 1. The van der Waals surface area contributed by atoms with Crippen molar-refractivity contribution in [1.82, 2.24) is 14.9 Å². The number of thioether (sulfide) groups is 1. The lowest BCUT2D eigenvalue weighted by molar-refractivity contribution is 0.298. The molecule has 1 fully saturated rings. The SMILES string of the molecule is O=S1(=O)CCN(CC2CN=C(c3cc4cccc(NS(=O)(=O)c5ccccn5)c4[nH]3)S2)CC1. The Morgan fingerprint density at radius 3 is 2.73 bits per heavy atom. The molecule has 0 spiro atoms. The maximum absolute atomic E-state index is 12.7. The Labute approximate surface area is 196 Å². The van der Waals surface area contributed by atoms with Gasteiger partial charge in [-0.2, -0.15) is 8.42 Å². The lowest BCUT2D eigenvalue weighted by Crippen LogP contribution is -2.43. The highest BCUT2D eigenvalue weighted by atomic mass is 32.2. The Kier molecular flexibility index (Phi) is 5.93. The topological polar surface area (TPSA) is 125 Å². The monoisotopic (exact) mass is 505 g/mol. The van der Waals surface area contributed by atoms with Crippen molar-refractivity contribution in [2.45, 2.75) is 10.3 Å². The number of benzene rings is 1. The summed E-state index contributed by atoms with van der Waals surface area (Å²) < 4.78 is 51.4. The summed E-state index contributed by atoms with van der Waals surface area (Å²) in [6.45, 7) is 2.60. The van der Waals surface area contributed by atoms with E-state index in [1.807, 2.05) is 12.1 Å². The second-order valence-electron chi connectivity index (χ2n) is 8.06. The zero-order chi connectivity index (χ0) is 23.1. The number of nitrogens with zero attached hydrogens (tertiary/aromatic N) is 3. The summed E-state index contributed by atoms with van der Waals surface area (Å²) in [4.78, 5) is 14.1. The van der Waals surface area contributed by atoms with Gasteiger partial charge in [0, 0.05) is 36.5 Å². The van der Waals surface area contributed by atoms with Crippen LogP contribution < -0.4 is 4.72 Å². The van der Waals surface area contributed by atoms with Gasteiger partial charge in [-0.15, -0.1) is 0 Å². The zero-order valence-electron chi connectivity index (χ0n) is 17.6. The number of sulfone groups is 1. The number of aliphatic imine (C=N–C) groups is 1. The highest BCUT2D eigenvalue weighted by Crippen LogP contribution is 2.31. The number of para-hydroxylation sites is 1. The molecule has 33 heavy (non-hydrogen) atoms. The molecule has 2 aliphatic rings. The number of hydrogen-bond acceptors (Lipinski definition) is 8. The van der Waals surface area contributed by atoms with E-state index in [-0.39, 0.29) is 21.8 Å². The van der Waals surface area contributed by atoms with Crippen LogP contribution in [0, 0.1) is 0 Å². The molecule has 0 bridgehead atoms. The van der Waals surface area contributed by atoms with Crippen LogP contribution in [0.2, 0.25) is 0 Å². The van der Waals surface area contributed by atoms with Crippen LogP contribution in [0.25, 0.3) is 10.9 Å². The summed E-state index contributed by atoms with van der Waals surface area (Å²) in [7, 11) is -6.70. The Morgan fingerprint density at radius 1 is 1.15 bits per heavy atom. The number of anilines is 1. The smallest absolute Gasteiger partial charge is 0.279 e. The van der Waals surface area contributed by atoms with E-state index in [9.17, 15) is 16.8 Å². The molecular formula is C21H23N5O4S3. The van der Waals surface area contributed by atoms with E-state index in [4.69, 9.17) is 0 Å². The van der Waals surface area contributed by atoms with Gasteiger partial charge in [0.15, 0.2) is 14.9 Å². The molecule has 0 saturated carbocycles. The van der Waals surface area contributed by atoms with Crippen LogP contribution in [0.15, 0.2) is 58.7 Å². The third-order valence-electron chi connectivity index (χ3n) is 5.66. The molecule has 5 rings (SSSR count). The van der Waals surface area contributed by atoms with E-state index in [1.165, 1.54) is 12.3 Å². The average molecular weight is 506 g/mol. The van der Waals surface area contributed by atoms with Crippen molar-refractivity contribution < 1.29 is 16.8 Å². The van der Waals surface area contributed by atoms with Crippen LogP contribution >= 0.6 is 11.8 Å². The van der Waals surface area contributed by atoms with Crippen LogP contribution in [0.5, 0.6) is 0 Å². The number of pyridine rings is 1. The van der Waals surface area contributed by atoms with E-state index in [0.29, 0.717) is 30.8 Å². The molecule has 174 valence electrons. The summed E-state index contributed by atoms with van der Waals surface area (Å²) in [5.41, 5.74) is 1.96. The zero-order valence-corrected chi connectivity index (χ0v) is 20.1. The van der Waals surface area contributed by atoms with Gasteiger partial charge in [-0.1, -0.05) is 30.0 Å². The van der Waals surface area contributed by atoms with Gasteiger partial charge in [-0.3, -0.25) is 9.71 Å². The van der Waals surface area contributed by atoms with Crippen molar-refractivity contribution in [3.8, 4) is 0 Å². The van der Waals surface area contributed by atoms with Gasteiger partial charge in [-0.25, -0.2) is 13.4 Å². The minimum Gasteiger partial charge on any atom is -0.351 e. The Bertz CT molecular complexity index is 1400. The fraction of sp³-hybridized carbons (Fsp3) is 0.333. The first-order valence-electron chi connectivity index (χ1n) is 10.5. The van der Waals surface area contributed by atoms with E-state index in [2.05, 4.69) is 24.6 Å². The first-order chi connectivity index (χ1) is 15.8.